The summed E-state index contributed by atoms with van der Waals surface area (Å²) in [5.74, 6) is 0.717. The van der Waals surface area contributed by atoms with Gasteiger partial charge in [-0.2, -0.15) is 0 Å². The molecule has 0 aromatic heterocycles. The molecule has 1 rings (SSSR count). The molecule has 0 saturated carbocycles. The van der Waals surface area contributed by atoms with Crippen LogP contribution in [0, 0.1) is 6.92 Å². The van der Waals surface area contributed by atoms with Crippen LogP contribution in [0.4, 0.5) is 5.69 Å². The molecule has 1 aromatic carbocycles. The number of hydrogen-bond acceptors (Lipinski definition) is 2. The average molecular weight is 209 g/mol. The maximum Gasteiger partial charge on any atom is 0.211 e. The van der Waals surface area contributed by atoms with Gasteiger partial charge in [0.1, 0.15) is 5.75 Å². The third kappa shape index (κ3) is 4.02. The van der Waals surface area contributed by atoms with E-state index in [-0.39, 0.29) is 0 Å². The molecule has 0 atom stereocenters. The van der Waals surface area contributed by atoms with E-state index in [0.29, 0.717) is 13.0 Å². The first kappa shape index (κ1) is 13.5. The van der Waals surface area contributed by atoms with Crippen molar-refractivity contribution in [1.29, 1.82) is 0 Å². The SMILES string of the molecule is CC.CCOc1cccc(C)c1NC=O. The maximum atomic E-state index is 10.3. The fourth-order valence-corrected chi connectivity index (χ4v) is 1.16. The summed E-state index contributed by atoms with van der Waals surface area (Å²) in [6.45, 7) is 8.43. The highest BCUT2D eigenvalue weighted by molar-refractivity contribution is 5.77. The molecule has 0 aliphatic heterocycles. The minimum Gasteiger partial charge on any atom is -0.492 e. The maximum absolute atomic E-state index is 10.3. The van der Waals surface area contributed by atoms with Crippen LogP contribution in [0.3, 0.4) is 0 Å². The second-order valence-corrected chi connectivity index (χ2v) is 2.64. The fraction of sp³-hybridized carbons (Fsp3) is 0.417. The lowest BCUT2D eigenvalue weighted by molar-refractivity contribution is -0.105. The monoisotopic (exact) mass is 209 g/mol. The largest absolute Gasteiger partial charge is 0.492 e. The molecule has 0 aliphatic carbocycles. The van der Waals surface area contributed by atoms with Crippen LogP contribution in [0.15, 0.2) is 18.2 Å². The molecular weight excluding hydrogens is 190 g/mol. The minimum absolute atomic E-state index is 0.594. The second kappa shape index (κ2) is 7.85. The van der Waals surface area contributed by atoms with Crippen LogP contribution in [0.5, 0.6) is 5.75 Å². The van der Waals surface area contributed by atoms with Gasteiger partial charge >= 0.3 is 0 Å². The van der Waals surface area contributed by atoms with Crippen LogP contribution in [-0.4, -0.2) is 13.0 Å². The topological polar surface area (TPSA) is 38.3 Å². The summed E-state index contributed by atoms with van der Waals surface area (Å²) in [6, 6.07) is 5.66. The fourth-order valence-electron chi connectivity index (χ4n) is 1.16. The van der Waals surface area contributed by atoms with Crippen LogP contribution in [-0.2, 0) is 4.79 Å². The number of benzene rings is 1. The lowest BCUT2D eigenvalue weighted by atomic mass is 10.2. The zero-order valence-electron chi connectivity index (χ0n) is 9.83. The molecule has 1 aromatic rings. The van der Waals surface area contributed by atoms with E-state index in [0.717, 1.165) is 17.0 Å². The van der Waals surface area contributed by atoms with Gasteiger partial charge in [0.2, 0.25) is 6.41 Å². The van der Waals surface area contributed by atoms with Crippen LogP contribution < -0.4 is 10.1 Å². The third-order valence-electron chi connectivity index (χ3n) is 1.74. The predicted molar refractivity (Wildman–Crippen MR) is 63.4 cm³/mol. The van der Waals surface area contributed by atoms with Crippen molar-refractivity contribution in [2.75, 3.05) is 11.9 Å². The lowest BCUT2D eigenvalue weighted by Crippen LogP contribution is -2.01. The smallest absolute Gasteiger partial charge is 0.211 e. The van der Waals surface area contributed by atoms with Gasteiger partial charge in [0.15, 0.2) is 0 Å². The van der Waals surface area contributed by atoms with Gasteiger partial charge in [0.25, 0.3) is 0 Å². The Kier molecular flexibility index (Phi) is 7.06. The van der Waals surface area contributed by atoms with E-state index in [4.69, 9.17) is 4.74 Å². The zero-order valence-corrected chi connectivity index (χ0v) is 9.83. The Morgan fingerprint density at radius 3 is 2.60 bits per heavy atom. The summed E-state index contributed by atoms with van der Waals surface area (Å²) >= 11 is 0. The van der Waals surface area contributed by atoms with Gasteiger partial charge < -0.3 is 10.1 Å². The van der Waals surface area contributed by atoms with E-state index in [1.807, 2.05) is 45.9 Å². The Labute approximate surface area is 91.5 Å². The highest BCUT2D eigenvalue weighted by Crippen LogP contribution is 2.27. The van der Waals surface area contributed by atoms with Gasteiger partial charge in [-0.15, -0.1) is 0 Å². The first-order valence-corrected chi connectivity index (χ1v) is 5.22. The van der Waals surface area contributed by atoms with Gasteiger partial charge in [-0.3, -0.25) is 4.79 Å². The molecule has 0 bridgehead atoms. The van der Waals surface area contributed by atoms with E-state index >= 15 is 0 Å². The third-order valence-corrected chi connectivity index (χ3v) is 1.74. The number of carbonyl (C=O) groups excluding carboxylic acids is 1. The highest BCUT2D eigenvalue weighted by Gasteiger charge is 2.04. The predicted octanol–water partition coefficient (Wildman–Crippen LogP) is 2.99. The number of ether oxygens (including phenoxy) is 1. The molecule has 1 amide bonds. The summed E-state index contributed by atoms with van der Waals surface area (Å²) in [4.78, 5) is 10.3. The van der Waals surface area contributed by atoms with Crippen LogP contribution >= 0.6 is 0 Å². The van der Waals surface area contributed by atoms with E-state index < -0.39 is 0 Å². The molecule has 0 unspecified atom stereocenters. The highest BCUT2D eigenvalue weighted by atomic mass is 16.5. The molecule has 0 spiro atoms. The molecule has 15 heavy (non-hydrogen) atoms. The summed E-state index contributed by atoms with van der Waals surface area (Å²) < 4.78 is 5.35. The molecular formula is C12H19NO2. The van der Waals surface area contributed by atoms with Crippen molar-refractivity contribution < 1.29 is 9.53 Å². The van der Waals surface area contributed by atoms with E-state index in [2.05, 4.69) is 5.32 Å². The number of aryl methyl sites for hydroxylation is 1. The number of rotatable bonds is 4. The first-order valence-electron chi connectivity index (χ1n) is 5.22. The molecule has 1 N–H and O–H groups in total. The Bertz CT molecular complexity index is 298. The second-order valence-electron chi connectivity index (χ2n) is 2.64. The molecule has 0 fully saturated rings. The Morgan fingerprint density at radius 1 is 1.40 bits per heavy atom. The van der Waals surface area contributed by atoms with Crippen LogP contribution in [0.1, 0.15) is 26.3 Å². The molecule has 3 heteroatoms. The van der Waals surface area contributed by atoms with Gasteiger partial charge in [0, 0.05) is 0 Å². The quantitative estimate of drug-likeness (QED) is 0.774. The van der Waals surface area contributed by atoms with Crippen molar-refractivity contribution in [3.05, 3.63) is 23.8 Å². The number of amides is 1. The van der Waals surface area contributed by atoms with Gasteiger partial charge in [-0.1, -0.05) is 26.0 Å². The van der Waals surface area contributed by atoms with E-state index in [1.54, 1.807) is 0 Å². The number of hydrogen-bond donors (Lipinski definition) is 1. The van der Waals surface area contributed by atoms with Crippen LogP contribution in [0.25, 0.3) is 0 Å². The zero-order chi connectivity index (χ0) is 11.7. The number of anilines is 1. The summed E-state index contributed by atoms with van der Waals surface area (Å²) in [7, 11) is 0. The van der Waals surface area contributed by atoms with E-state index in [1.165, 1.54) is 0 Å². The minimum atomic E-state index is 0.594. The number of para-hydroxylation sites is 1. The molecule has 0 aliphatic rings. The van der Waals surface area contributed by atoms with Gasteiger partial charge in [-0.05, 0) is 25.5 Å². The van der Waals surface area contributed by atoms with Gasteiger partial charge in [0.05, 0.1) is 12.3 Å². The lowest BCUT2D eigenvalue weighted by Gasteiger charge is -2.10. The first-order chi connectivity index (χ1) is 7.29. The summed E-state index contributed by atoms with van der Waals surface area (Å²) in [5, 5.41) is 2.62. The van der Waals surface area contributed by atoms with Crippen LogP contribution in [0.2, 0.25) is 0 Å². The van der Waals surface area contributed by atoms with Crippen molar-refractivity contribution in [2.45, 2.75) is 27.7 Å². The van der Waals surface area contributed by atoms with Crippen molar-refractivity contribution >= 4 is 12.1 Å². The molecule has 0 radical (unpaired) electrons. The Morgan fingerprint density at radius 2 is 2.07 bits per heavy atom. The normalized spacial score (nSPS) is 8.53. The molecule has 0 heterocycles. The van der Waals surface area contributed by atoms with Crippen molar-refractivity contribution in [3.8, 4) is 5.75 Å². The van der Waals surface area contributed by atoms with Crippen molar-refractivity contribution in [1.82, 2.24) is 0 Å². The van der Waals surface area contributed by atoms with Crippen molar-refractivity contribution in [3.63, 3.8) is 0 Å². The standard InChI is InChI=1S/C10H13NO2.C2H6/c1-3-13-9-6-4-5-8(2)10(9)11-7-12;1-2/h4-7H,3H2,1-2H3,(H,11,12);1-2H3. The Balaban J connectivity index is 0.000000921. The molecule has 3 nitrogen and oxygen atoms in total. The molecule has 0 saturated heterocycles. The van der Waals surface area contributed by atoms with E-state index in [9.17, 15) is 4.79 Å². The number of carbonyl (C=O) groups is 1. The number of nitrogens with one attached hydrogen (secondary N) is 1. The summed E-state index contributed by atoms with van der Waals surface area (Å²) in [6.07, 6.45) is 0.658. The molecule has 84 valence electrons. The Hall–Kier alpha value is -1.51. The van der Waals surface area contributed by atoms with Crippen molar-refractivity contribution in [2.24, 2.45) is 0 Å². The summed E-state index contributed by atoms with van der Waals surface area (Å²) in [5.41, 5.74) is 1.75. The average Bonchev–Trinajstić information content (AvgIpc) is 2.26. The van der Waals surface area contributed by atoms with Gasteiger partial charge in [-0.25, -0.2) is 0 Å².